The molecule has 0 saturated carbocycles. The van der Waals surface area contributed by atoms with Gasteiger partial charge in [-0.2, -0.15) is 0 Å². The van der Waals surface area contributed by atoms with Gasteiger partial charge in [-0.15, -0.1) is 0 Å². The molecule has 1 atom stereocenters. The Morgan fingerprint density at radius 2 is 1.46 bits per heavy atom. The van der Waals surface area contributed by atoms with Crippen molar-refractivity contribution < 1.29 is 14.3 Å². The molecule has 0 aliphatic heterocycles. The summed E-state index contributed by atoms with van der Waals surface area (Å²) in [5.41, 5.74) is 0.380. The fraction of sp³-hybridized carbons (Fsp3) is 0.762. The van der Waals surface area contributed by atoms with Gasteiger partial charge in [0.1, 0.15) is 13.2 Å². The van der Waals surface area contributed by atoms with Gasteiger partial charge in [-0.3, -0.25) is 4.79 Å². The first-order chi connectivity index (χ1) is 10.7. The zero-order valence-corrected chi connectivity index (χ0v) is 17.2. The Kier molecular flexibility index (Phi) is 8.28. The topological polar surface area (TPSA) is 35.5 Å². The van der Waals surface area contributed by atoms with E-state index in [1.54, 1.807) is 0 Å². The van der Waals surface area contributed by atoms with E-state index in [1.807, 2.05) is 6.92 Å². The second-order valence-corrected chi connectivity index (χ2v) is 9.08. The monoisotopic (exact) mass is 338 g/mol. The highest BCUT2D eigenvalue weighted by Crippen LogP contribution is 2.50. The van der Waals surface area contributed by atoms with E-state index in [4.69, 9.17) is 9.47 Å². The molecule has 0 N–H and O–H groups in total. The summed E-state index contributed by atoms with van der Waals surface area (Å²) >= 11 is 0. The maximum atomic E-state index is 12.9. The summed E-state index contributed by atoms with van der Waals surface area (Å²) in [5, 5.41) is 0. The van der Waals surface area contributed by atoms with Gasteiger partial charge in [0.05, 0.1) is 11.2 Å². The molecule has 3 nitrogen and oxygen atoms in total. The third-order valence-corrected chi connectivity index (χ3v) is 4.38. The summed E-state index contributed by atoms with van der Waals surface area (Å²) < 4.78 is 11.1. The van der Waals surface area contributed by atoms with Crippen LogP contribution in [0.4, 0.5) is 0 Å². The number of allylic oxidation sites excluding steroid dienone is 1. The molecule has 0 spiro atoms. The highest BCUT2D eigenvalue weighted by atomic mass is 16.6. The number of carbonyl (C=O) groups excluding carboxylic acids is 1. The minimum Gasteiger partial charge on any atom is -0.495 e. The molecule has 0 rings (SSSR count). The van der Waals surface area contributed by atoms with Crippen LogP contribution >= 0.6 is 0 Å². The lowest BCUT2D eigenvalue weighted by molar-refractivity contribution is -0.168. The van der Waals surface area contributed by atoms with Crippen molar-refractivity contribution in [2.24, 2.45) is 16.2 Å². The number of hydrogen-bond acceptors (Lipinski definition) is 3. The quantitative estimate of drug-likeness (QED) is 0.227. The minimum absolute atomic E-state index is 0.0502. The van der Waals surface area contributed by atoms with Crippen LogP contribution in [0, 0.1) is 16.2 Å². The number of rotatable bonds is 9. The van der Waals surface area contributed by atoms with Crippen molar-refractivity contribution in [1.29, 1.82) is 0 Å². The van der Waals surface area contributed by atoms with Crippen LogP contribution in [0.15, 0.2) is 24.5 Å². The molecule has 0 bridgehead atoms. The summed E-state index contributed by atoms with van der Waals surface area (Å²) in [7, 11) is 0. The molecule has 0 amide bonds. The fourth-order valence-electron chi connectivity index (χ4n) is 3.19. The maximum Gasteiger partial charge on any atom is 0.312 e. The van der Waals surface area contributed by atoms with Crippen LogP contribution in [0.1, 0.15) is 74.7 Å². The highest BCUT2D eigenvalue weighted by molar-refractivity contribution is 5.78. The van der Waals surface area contributed by atoms with Crippen molar-refractivity contribution in [1.82, 2.24) is 0 Å². The molecule has 0 aromatic heterocycles. The molecule has 24 heavy (non-hydrogen) atoms. The lowest BCUT2D eigenvalue weighted by Gasteiger charge is -2.45. The van der Waals surface area contributed by atoms with E-state index in [1.165, 1.54) is 0 Å². The Labute approximate surface area is 149 Å². The van der Waals surface area contributed by atoms with Crippen molar-refractivity contribution in [3.05, 3.63) is 24.5 Å². The molecule has 0 aromatic carbocycles. The SMILES string of the molecule is C=C(C)CC(=C)OCCOC(=O)C(CC)(CC(C)(C)C)C(C)(C)C. The molecule has 0 saturated heterocycles. The van der Waals surface area contributed by atoms with Crippen molar-refractivity contribution in [3.8, 4) is 0 Å². The van der Waals surface area contributed by atoms with E-state index in [2.05, 4.69) is 61.6 Å². The zero-order valence-electron chi connectivity index (χ0n) is 17.2. The molecule has 1 unspecified atom stereocenters. The summed E-state index contributed by atoms with van der Waals surface area (Å²) in [5.74, 6) is 0.535. The number of hydrogen-bond donors (Lipinski definition) is 0. The Balaban J connectivity index is 4.85. The summed E-state index contributed by atoms with van der Waals surface area (Å²) in [6.45, 7) is 25.1. The largest absolute Gasteiger partial charge is 0.495 e. The molecular weight excluding hydrogens is 300 g/mol. The van der Waals surface area contributed by atoms with Gasteiger partial charge in [-0.05, 0) is 30.6 Å². The van der Waals surface area contributed by atoms with E-state index >= 15 is 0 Å². The lowest BCUT2D eigenvalue weighted by Crippen LogP contribution is -2.46. The number of ether oxygens (including phenoxy) is 2. The summed E-state index contributed by atoms with van der Waals surface area (Å²) in [4.78, 5) is 12.9. The van der Waals surface area contributed by atoms with Gasteiger partial charge in [0.15, 0.2) is 0 Å². The average molecular weight is 339 g/mol. The van der Waals surface area contributed by atoms with Crippen LogP contribution < -0.4 is 0 Å². The molecule has 0 aliphatic rings. The van der Waals surface area contributed by atoms with Gasteiger partial charge in [-0.25, -0.2) is 0 Å². The summed E-state index contributed by atoms with van der Waals surface area (Å²) in [6, 6.07) is 0. The Hall–Kier alpha value is -1.25. The van der Waals surface area contributed by atoms with Crippen molar-refractivity contribution >= 4 is 5.97 Å². The number of carbonyl (C=O) groups is 1. The van der Waals surface area contributed by atoms with Crippen LogP contribution in [0.2, 0.25) is 0 Å². The first kappa shape index (κ1) is 22.8. The van der Waals surface area contributed by atoms with E-state index < -0.39 is 5.41 Å². The van der Waals surface area contributed by atoms with Gasteiger partial charge in [-0.1, -0.05) is 67.2 Å². The molecule has 0 aromatic rings. The van der Waals surface area contributed by atoms with Gasteiger partial charge in [0.2, 0.25) is 0 Å². The standard InChI is InChI=1S/C21H38O3/c1-11-21(20(8,9)10,15-19(5,6)7)18(22)24-13-12-23-17(4)14-16(2)3/h2,4,11-15H2,1,3,5-10H3. The molecule has 0 heterocycles. The first-order valence-electron chi connectivity index (χ1n) is 8.87. The third kappa shape index (κ3) is 7.11. The second-order valence-electron chi connectivity index (χ2n) is 9.08. The van der Waals surface area contributed by atoms with Gasteiger partial charge in [0.25, 0.3) is 0 Å². The normalized spacial score (nSPS) is 14.7. The van der Waals surface area contributed by atoms with Crippen molar-refractivity contribution in [2.45, 2.75) is 74.7 Å². The molecule has 140 valence electrons. The Morgan fingerprint density at radius 1 is 0.958 bits per heavy atom. The average Bonchev–Trinajstić information content (AvgIpc) is 2.37. The second kappa shape index (κ2) is 8.73. The van der Waals surface area contributed by atoms with Crippen LogP contribution in [-0.4, -0.2) is 19.2 Å². The van der Waals surface area contributed by atoms with E-state index in [0.29, 0.717) is 18.8 Å². The van der Waals surface area contributed by atoms with Gasteiger partial charge >= 0.3 is 5.97 Å². The summed E-state index contributed by atoms with van der Waals surface area (Å²) in [6.07, 6.45) is 2.19. The van der Waals surface area contributed by atoms with Crippen molar-refractivity contribution in [3.63, 3.8) is 0 Å². The van der Waals surface area contributed by atoms with Gasteiger partial charge < -0.3 is 9.47 Å². The van der Waals surface area contributed by atoms with E-state index in [-0.39, 0.29) is 23.4 Å². The van der Waals surface area contributed by atoms with Crippen LogP contribution in [0.25, 0.3) is 0 Å². The maximum absolute atomic E-state index is 12.9. The molecule has 0 fully saturated rings. The Morgan fingerprint density at radius 3 is 1.83 bits per heavy atom. The van der Waals surface area contributed by atoms with E-state index in [0.717, 1.165) is 18.4 Å². The van der Waals surface area contributed by atoms with Gasteiger partial charge in [0, 0.05) is 6.42 Å². The van der Waals surface area contributed by atoms with Crippen LogP contribution in [0.5, 0.6) is 0 Å². The molecule has 0 radical (unpaired) electrons. The minimum atomic E-state index is -0.500. The Bertz CT molecular complexity index is 449. The predicted molar refractivity (Wildman–Crippen MR) is 102 cm³/mol. The van der Waals surface area contributed by atoms with E-state index in [9.17, 15) is 4.79 Å². The highest BCUT2D eigenvalue weighted by Gasteiger charge is 2.50. The van der Waals surface area contributed by atoms with Crippen LogP contribution in [0.3, 0.4) is 0 Å². The van der Waals surface area contributed by atoms with Crippen LogP contribution in [-0.2, 0) is 14.3 Å². The first-order valence-corrected chi connectivity index (χ1v) is 8.87. The molecule has 3 heteroatoms. The third-order valence-electron chi connectivity index (χ3n) is 4.38. The smallest absolute Gasteiger partial charge is 0.312 e. The lowest BCUT2D eigenvalue weighted by atomic mass is 9.59. The predicted octanol–water partition coefficient (Wildman–Crippen LogP) is 5.90. The number of esters is 1. The molecular formula is C21H38O3. The fourth-order valence-corrected chi connectivity index (χ4v) is 3.19. The molecule has 0 aliphatic carbocycles. The zero-order chi connectivity index (χ0) is 19.2. The van der Waals surface area contributed by atoms with Crippen molar-refractivity contribution in [2.75, 3.05) is 13.2 Å².